The summed E-state index contributed by atoms with van der Waals surface area (Å²) in [7, 11) is 0. The predicted molar refractivity (Wildman–Crippen MR) is 71.8 cm³/mol. The van der Waals surface area contributed by atoms with Gasteiger partial charge in [0.15, 0.2) is 0 Å². The molecule has 0 saturated carbocycles. The minimum atomic E-state index is 0.564. The van der Waals surface area contributed by atoms with Gasteiger partial charge in [-0.25, -0.2) is 4.98 Å². The van der Waals surface area contributed by atoms with E-state index in [1.54, 1.807) is 0 Å². The quantitative estimate of drug-likeness (QED) is 0.869. The molecule has 1 aliphatic heterocycles. The molecule has 1 aromatic heterocycles. The van der Waals surface area contributed by atoms with E-state index in [4.69, 9.17) is 5.73 Å². The Morgan fingerprint density at radius 2 is 2.35 bits per heavy atom. The highest BCUT2D eigenvalue weighted by Crippen LogP contribution is 2.33. The first-order valence-electron chi connectivity index (χ1n) is 6.68. The number of hydrogen-bond donors (Lipinski definition) is 1. The number of anilines is 1. The Morgan fingerprint density at radius 1 is 1.53 bits per heavy atom. The number of rotatable bonds is 4. The molecule has 17 heavy (non-hydrogen) atoms. The maximum atomic E-state index is 5.72. The Hall–Kier alpha value is -1.09. The van der Waals surface area contributed by atoms with E-state index in [1.165, 1.54) is 49.9 Å². The molecule has 3 heteroatoms. The fourth-order valence-electron chi connectivity index (χ4n) is 2.74. The van der Waals surface area contributed by atoms with Crippen LogP contribution in [-0.2, 0) is 0 Å². The molecule has 0 unspecified atom stereocenters. The van der Waals surface area contributed by atoms with E-state index in [1.807, 2.05) is 12.3 Å². The van der Waals surface area contributed by atoms with Gasteiger partial charge < -0.3 is 5.73 Å². The van der Waals surface area contributed by atoms with Crippen molar-refractivity contribution in [3.05, 3.63) is 23.4 Å². The molecule has 3 nitrogen and oxygen atoms in total. The lowest BCUT2D eigenvalue weighted by Gasteiger charge is -2.25. The maximum Gasteiger partial charge on any atom is 0.123 e. The summed E-state index contributed by atoms with van der Waals surface area (Å²) in [4.78, 5) is 6.85. The lowest BCUT2D eigenvalue weighted by atomic mass is 10.0. The molecular formula is C14H23N3. The van der Waals surface area contributed by atoms with Crippen molar-refractivity contribution in [2.75, 3.05) is 18.8 Å². The van der Waals surface area contributed by atoms with Crippen LogP contribution >= 0.6 is 0 Å². The molecular weight excluding hydrogens is 210 g/mol. The molecule has 1 aromatic rings. The third-order valence-electron chi connectivity index (χ3n) is 3.69. The summed E-state index contributed by atoms with van der Waals surface area (Å²) in [5, 5.41) is 0. The van der Waals surface area contributed by atoms with Crippen molar-refractivity contribution in [1.82, 2.24) is 9.88 Å². The summed E-state index contributed by atoms with van der Waals surface area (Å²) in [6, 6.07) is 2.56. The van der Waals surface area contributed by atoms with Crippen LogP contribution in [0.3, 0.4) is 0 Å². The maximum absolute atomic E-state index is 5.72. The summed E-state index contributed by atoms with van der Waals surface area (Å²) in [6.45, 7) is 6.84. The molecule has 2 heterocycles. The first-order chi connectivity index (χ1) is 8.22. The van der Waals surface area contributed by atoms with Crippen molar-refractivity contribution in [3.63, 3.8) is 0 Å². The molecule has 1 fully saturated rings. The van der Waals surface area contributed by atoms with Crippen molar-refractivity contribution in [1.29, 1.82) is 0 Å². The van der Waals surface area contributed by atoms with Crippen LogP contribution in [0.25, 0.3) is 0 Å². The summed E-state index contributed by atoms with van der Waals surface area (Å²) < 4.78 is 0. The highest BCUT2D eigenvalue weighted by Gasteiger charge is 2.26. The van der Waals surface area contributed by atoms with Gasteiger partial charge in [-0.3, -0.25) is 4.90 Å². The van der Waals surface area contributed by atoms with Crippen LogP contribution in [0.1, 0.15) is 49.8 Å². The van der Waals surface area contributed by atoms with Gasteiger partial charge in [0.05, 0.1) is 0 Å². The van der Waals surface area contributed by atoms with Crippen LogP contribution in [0.2, 0.25) is 0 Å². The number of aryl methyl sites for hydroxylation is 1. The van der Waals surface area contributed by atoms with Gasteiger partial charge in [-0.15, -0.1) is 0 Å². The van der Waals surface area contributed by atoms with Gasteiger partial charge in [-0.1, -0.05) is 13.3 Å². The molecule has 0 amide bonds. The number of pyridine rings is 1. The van der Waals surface area contributed by atoms with Gasteiger partial charge >= 0.3 is 0 Å². The number of hydrogen-bond acceptors (Lipinski definition) is 3. The number of aromatic nitrogens is 1. The van der Waals surface area contributed by atoms with E-state index < -0.39 is 0 Å². The van der Waals surface area contributed by atoms with Gasteiger partial charge in [-0.05, 0) is 56.5 Å². The molecule has 2 N–H and O–H groups in total. The SMILES string of the molecule is CCCCN1CCC[C@@H]1c1cnc(N)cc1C. The van der Waals surface area contributed by atoms with Crippen LogP contribution in [0.5, 0.6) is 0 Å². The Kier molecular flexibility index (Phi) is 4.00. The largest absolute Gasteiger partial charge is 0.384 e. The van der Waals surface area contributed by atoms with E-state index in [0.29, 0.717) is 11.9 Å². The fraction of sp³-hybridized carbons (Fsp3) is 0.643. The zero-order valence-corrected chi connectivity index (χ0v) is 10.9. The Bertz CT molecular complexity index is 376. The molecule has 94 valence electrons. The molecule has 1 saturated heterocycles. The highest BCUT2D eigenvalue weighted by molar-refractivity contribution is 5.37. The number of likely N-dealkylation sites (tertiary alicyclic amines) is 1. The molecule has 0 aliphatic carbocycles. The minimum absolute atomic E-state index is 0.564. The third-order valence-corrected chi connectivity index (χ3v) is 3.69. The molecule has 1 aliphatic rings. The number of nitrogen functional groups attached to an aromatic ring is 1. The number of nitrogens with zero attached hydrogens (tertiary/aromatic N) is 2. The summed E-state index contributed by atoms with van der Waals surface area (Å²) in [6.07, 6.45) is 7.09. The zero-order chi connectivity index (χ0) is 12.3. The second-order valence-corrected chi connectivity index (χ2v) is 5.01. The van der Waals surface area contributed by atoms with Crippen LogP contribution in [0.15, 0.2) is 12.3 Å². The molecule has 0 radical (unpaired) electrons. The summed E-state index contributed by atoms with van der Waals surface area (Å²) in [5.74, 6) is 0.629. The highest BCUT2D eigenvalue weighted by atomic mass is 15.2. The van der Waals surface area contributed by atoms with Crippen LogP contribution < -0.4 is 5.73 Å². The Labute approximate surface area is 104 Å². The van der Waals surface area contributed by atoms with Gasteiger partial charge in [0, 0.05) is 12.2 Å². The smallest absolute Gasteiger partial charge is 0.123 e. The van der Waals surface area contributed by atoms with Crippen molar-refractivity contribution in [2.45, 2.75) is 45.6 Å². The number of unbranched alkanes of at least 4 members (excludes halogenated alkanes) is 1. The lowest BCUT2D eigenvalue weighted by molar-refractivity contribution is 0.252. The van der Waals surface area contributed by atoms with Gasteiger partial charge in [0.25, 0.3) is 0 Å². The minimum Gasteiger partial charge on any atom is -0.384 e. The predicted octanol–water partition coefficient (Wildman–Crippen LogP) is 2.91. The van der Waals surface area contributed by atoms with Gasteiger partial charge in [-0.2, -0.15) is 0 Å². The topological polar surface area (TPSA) is 42.2 Å². The second-order valence-electron chi connectivity index (χ2n) is 5.01. The van der Waals surface area contributed by atoms with Crippen LogP contribution in [0.4, 0.5) is 5.82 Å². The van der Waals surface area contributed by atoms with Crippen LogP contribution in [-0.4, -0.2) is 23.0 Å². The monoisotopic (exact) mass is 233 g/mol. The van der Waals surface area contributed by atoms with E-state index in [0.717, 1.165) is 0 Å². The Morgan fingerprint density at radius 3 is 3.06 bits per heavy atom. The average molecular weight is 233 g/mol. The number of nitrogens with two attached hydrogens (primary N) is 1. The Balaban J connectivity index is 2.14. The van der Waals surface area contributed by atoms with Crippen molar-refractivity contribution >= 4 is 5.82 Å². The van der Waals surface area contributed by atoms with E-state index in [-0.39, 0.29) is 0 Å². The van der Waals surface area contributed by atoms with Gasteiger partial charge in [0.1, 0.15) is 5.82 Å². The van der Waals surface area contributed by atoms with E-state index in [2.05, 4.69) is 23.7 Å². The summed E-state index contributed by atoms with van der Waals surface area (Å²) in [5.41, 5.74) is 8.37. The van der Waals surface area contributed by atoms with E-state index in [9.17, 15) is 0 Å². The molecule has 0 bridgehead atoms. The normalized spacial score (nSPS) is 20.9. The third kappa shape index (κ3) is 2.78. The van der Waals surface area contributed by atoms with Gasteiger partial charge in [0.2, 0.25) is 0 Å². The average Bonchev–Trinajstić information content (AvgIpc) is 2.74. The molecule has 0 spiro atoms. The summed E-state index contributed by atoms with van der Waals surface area (Å²) >= 11 is 0. The van der Waals surface area contributed by atoms with Crippen molar-refractivity contribution in [2.24, 2.45) is 0 Å². The molecule has 0 aromatic carbocycles. The lowest BCUT2D eigenvalue weighted by Crippen LogP contribution is -2.25. The van der Waals surface area contributed by atoms with Crippen molar-refractivity contribution in [3.8, 4) is 0 Å². The fourth-order valence-corrected chi connectivity index (χ4v) is 2.74. The standard InChI is InChI=1S/C14H23N3/c1-3-4-7-17-8-5-6-13(17)12-10-16-14(15)9-11(12)2/h9-10,13H,3-8H2,1-2H3,(H2,15,16)/t13-/m1/s1. The molecule has 1 atom stereocenters. The second kappa shape index (κ2) is 5.50. The van der Waals surface area contributed by atoms with E-state index >= 15 is 0 Å². The zero-order valence-electron chi connectivity index (χ0n) is 10.9. The molecule has 2 rings (SSSR count). The first kappa shape index (κ1) is 12.4. The first-order valence-corrected chi connectivity index (χ1v) is 6.68. The van der Waals surface area contributed by atoms with Crippen LogP contribution in [0, 0.1) is 6.92 Å². The van der Waals surface area contributed by atoms with Crippen molar-refractivity contribution < 1.29 is 0 Å².